The van der Waals surface area contributed by atoms with E-state index in [2.05, 4.69) is 36.9 Å². The van der Waals surface area contributed by atoms with Crippen molar-refractivity contribution in [1.82, 2.24) is 41.8 Å². The third-order valence-corrected chi connectivity index (χ3v) is 12.7. The van der Waals surface area contributed by atoms with Crippen LogP contribution in [0.5, 0.6) is 0 Å². The number of nitrogens with one attached hydrogen (secondary N) is 7. The molecule has 63 heavy (non-hydrogen) atoms. The van der Waals surface area contributed by atoms with Crippen LogP contribution in [0.25, 0.3) is 10.9 Å². The molecule has 3 aromatic rings. The van der Waals surface area contributed by atoms with Crippen LogP contribution in [0.2, 0.25) is 0 Å². The zero-order valence-electron chi connectivity index (χ0n) is 37.0. The first-order valence-corrected chi connectivity index (χ1v) is 23.0. The largest absolute Gasteiger partial charge is 0.361 e. The average molecular weight is 867 g/mol. The van der Waals surface area contributed by atoms with E-state index in [-0.39, 0.29) is 50.6 Å². The molecule has 15 nitrogen and oxygen atoms in total. The molecule has 340 valence electrons. The number of rotatable bonds is 12. The van der Waals surface area contributed by atoms with Gasteiger partial charge in [-0.2, -0.15) is 0 Å². The third-order valence-electron chi connectivity index (χ3n) is 12.7. The Labute approximate surface area is 370 Å². The highest BCUT2D eigenvalue weighted by Gasteiger charge is 2.40. The van der Waals surface area contributed by atoms with E-state index in [1.807, 2.05) is 74.6 Å². The van der Waals surface area contributed by atoms with Crippen molar-refractivity contribution >= 4 is 52.3 Å². The van der Waals surface area contributed by atoms with Crippen LogP contribution >= 0.6 is 0 Å². The van der Waals surface area contributed by atoms with Gasteiger partial charge in [-0.3, -0.25) is 33.6 Å². The molecule has 6 rings (SSSR count). The Morgan fingerprint density at radius 1 is 0.762 bits per heavy atom. The van der Waals surface area contributed by atoms with Crippen molar-refractivity contribution in [2.24, 2.45) is 11.8 Å². The average Bonchev–Trinajstić information content (AvgIpc) is 3.93. The van der Waals surface area contributed by atoms with E-state index in [4.69, 9.17) is 0 Å². The summed E-state index contributed by atoms with van der Waals surface area (Å²) in [6, 6.07) is 11.0. The number of H-pyrrole nitrogens is 1. The summed E-state index contributed by atoms with van der Waals surface area (Å²) < 4.78 is 0. The van der Waals surface area contributed by atoms with E-state index < -0.39 is 77.6 Å². The first kappa shape index (κ1) is 46.8. The summed E-state index contributed by atoms with van der Waals surface area (Å²) in [4.78, 5) is 103. The quantitative estimate of drug-likeness (QED) is 0.143. The Hall–Kier alpha value is -5.73. The maximum absolute atomic E-state index is 14.6. The first-order chi connectivity index (χ1) is 30.4. The minimum Gasteiger partial charge on any atom is -0.361 e. The fourth-order valence-corrected chi connectivity index (χ4v) is 9.28. The summed E-state index contributed by atoms with van der Waals surface area (Å²) >= 11 is 0. The molecule has 7 N–H and O–H groups in total. The number of hydrogen-bond donors (Lipinski definition) is 7. The van der Waals surface area contributed by atoms with Crippen LogP contribution in [0, 0.1) is 11.8 Å². The summed E-state index contributed by atoms with van der Waals surface area (Å²) in [5.74, 6) is -2.90. The number of nitrogens with zero attached hydrogens (tertiary/aromatic N) is 1. The van der Waals surface area contributed by atoms with E-state index in [0.717, 1.165) is 54.1 Å². The van der Waals surface area contributed by atoms with E-state index in [1.54, 1.807) is 0 Å². The van der Waals surface area contributed by atoms with Crippen molar-refractivity contribution in [3.63, 3.8) is 0 Å². The van der Waals surface area contributed by atoms with Crippen molar-refractivity contribution in [2.45, 2.75) is 147 Å². The highest BCUT2D eigenvalue weighted by Crippen LogP contribution is 2.28. The molecule has 0 radical (unpaired) electrons. The molecule has 1 aliphatic carbocycles. The van der Waals surface area contributed by atoms with Gasteiger partial charge in [0.05, 0.1) is 0 Å². The first-order valence-electron chi connectivity index (χ1n) is 23.0. The number of hydrogen-bond acceptors (Lipinski definition) is 7. The third kappa shape index (κ3) is 13.1. The molecule has 2 aliphatic heterocycles. The molecule has 3 heterocycles. The number of benzene rings is 2. The maximum Gasteiger partial charge on any atom is 0.245 e. The second kappa shape index (κ2) is 22.6. The molecule has 0 spiro atoms. The molecule has 0 unspecified atom stereocenters. The van der Waals surface area contributed by atoms with Crippen LogP contribution in [0.4, 0.5) is 0 Å². The van der Waals surface area contributed by atoms with Crippen LogP contribution < -0.4 is 31.9 Å². The van der Waals surface area contributed by atoms with Gasteiger partial charge >= 0.3 is 0 Å². The van der Waals surface area contributed by atoms with Crippen molar-refractivity contribution in [2.75, 3.05) is 13.1 Å². The minimum atomic E-state index is -1.09. The van der Waals surface area contributed by atoms with Gasteiger partial charge in [0.1, 0.15) is 36.3 Å². The fraction of sp³-hybridized carbons (Fsp3) is 0.562. The number of carbonyl (C=O) groups excluding carboxylic acids is 7. The number of aromatic nitrogens is 1. The van der Waals surface area contributed by atoms with Gasteiger partial charge < -0.3 is 41.8 Å². The lowest BCUT2D eigenvalue weighted by Gasteiger charge is -2.32. The molecule has 2 aromatic carbocycles. The second-order valence-electron chi connectivity index (χ2n) is 18.1. The van der Waals surface area contributed by atoms with Gasteiger partial charge in [-0.15, -0.1) is 0 Å². The van der Waals surface area contributed by atoms with Gasteiger partial charge in [0, 0.05) is 50.0 Å². The van der Waals surface area contributed by atoms with E-state index in [9.17, 15) is 33.6 Å². The van der Waals surface area contributed by atoms with Crippen molar-refractivity contribution in [1.29, 1.82) is 0 Å². The summed E-state index contributed by atoms with van der Waals surface area (Å²) in [5, 5.41) is 18.5. The zero-order valence-corrected chi connectivity index (χ0v) is 37.0. The Bertz CT molecular complexity index is 2060. The molecule has 7 amide bonds. The van der Waals surface area contributed by atoms with Gasteiger partial charge in [-0.25, -0.2) is 0 Å². The summed E-state index contributed by atoms with van der Waals surface area (Å²) in [6.07, 6.45) is 9.76. The Balaban J connectivity index is 1.31. The molecule has 1 aromatic heterocycles. The van der Waals surface area contributed by atoms with Gasteiger partial charge in [0.15, 0.2) is 0 Å². The van der Waals surface area contributed by atoms with Crippen LogP contribution in [-0.4, -0.2) is 101 Å². The summed E-state index contributed by atoms with van der Waals surface area (Å²) in [6.45, 7) is 5.80. The number of aromatic amines is 1. The molecule has 3 aliphatic rings. The highest BCUT2D eigenvalue weighted by atomic mass is 16.2. The van der Waals surface area contributed by atoms with Gasteiger partial charge in [0.2, 0.25) is 41.4 Å². The van der Waals surface area contributed by atoms with Crippen LogP contribution in [-0.2, 0) is 46.4 Å². The molecule has 15 heteroatoms. The molecule has 6 atom stereocenters. The molecule has 0 bridgehead atoms. The lowest BCUT2D eigenvalue weighted by molar-refractivity contribution is -0.142. The van der Waals surface area contributed by atoms with Gasteiger partial charge in [-0.05, 0) is 74.0 Å². The maximum atomic E-state index is 14.6. The van der Waals surface area contributed by atoms with Gasteiger partial charge in [-0.1, -0.05) is 94.5 Å². The van der Waals surface area contributed by atoms with E-state index >= 15 is 0 Å². The minimum absolute atomic E-state index is 0.121. The van der Waals surface area contributed by atoms with Crippen molar-refractivity contribution in [3.05, 3.63) is 71.9 Å². The lowest BCUT2D eigenvalue weighted by atomic mass is 9.84. The van der Waals surface area contributed by atoms with E-state index in [1.165, 1.54) is 11.8 Å². The van der Waals surface area contributed by atoms with Gasteiger partial charge in [0.25, 0.3) is 0 Å². The fourth-order valence-electron chi connectivity index (χ4n) is 9.28. The molecule has 2 saturated heterocycles. The van der Waals surface area contributed by atoms with Crippen LogP contribution in [0.3, 0.4) is 0 Å². The Kier molecular flexibility index (Phi) is 16.8. The Morgan fingerprint density at radius 3 is 2.21 bits per heavy atom. The van der Waals surface area contributed by atoms with Crippen molar-refractivity contribution < 1.29 is 33.6 Å². The second-order valence-corrected chi connectivity index (χ2v) is 18.1. The van der Waals surface area contributed by atoms with E-state index in [0.29, 0.717) is 32.1 Å². The smallest absolute Gasteiger partial charge is 0.245 e. The Morgan fingerprint density at radius 2 is 1.46 bits per heavy atom. The monoisotopic (exact) mass is 867 g/mol. The standard InChI is InChI=1S/C48H66N8O7/c1-30(2)22-23-37-43(58)49-24-12-20-38(53-44(59)39(51-31(3)57)26-32-14-6-4-7-15-32)48(63)56-25-13-21-42(56)47(62)55-40(27-33-16-8-5-9-17-33)45(60)54-41(46(61)52-37)28-34-29-50-36-19-11-10-18-35(34)36/h4,6-7,10-11,14-15,18-19,29-30,33,37-42,50H,5,8-9,12-13,16-17,20-28H2,1-3H3,(H,49,58)(H,51,57)(H,52,61)(H,53,59)(H,54,60)(H,55,62)/t37-,38-,39-,40+,41-,42-/m0/s1. The molecule has 1 saturated carbocycles. The predicted octanol–water partition coefficient (Wildman–Crippen LogP) is 3.70. The molecule has 3 fully saturated rings. The number of carbonyl (C=O) groups is 7. The topological polar surface area (TPSA) is 211 Å². The number of fused-ring (bicyclic) bond motifs is 2. The summed E-state index contributed by atoms with van der Waals surface area (Å²) in [7, 11) is 0. The number of amides is 7. The SMILES string of the molecule is CC(=O)N[C@@H](Cc1ccccc1)C(=O)N[C@H]1CCCNC(=O)[C@H](CCC(C)C)NC(=O)[C@H](Cc2c[nH]c3ccccc23)NC(=O)[C@@H](CC2CCCCC2)NC(=O)[C@@H]2CCCN2C1=O. The predicted molar refractivity (Wildman–Crippen MR) is 240 cm³/mol. The zero-order chi connectivity index (χ0) is 44.9. The van der Waals surface area contributed by atoms with Crippen LogP contribution in [0.1, 0.15) is 109 Å². The normalized spacial score (nSPS) is 24.0. The molecular weight excluding hydrogens is 801 g/mol. The molecular formula is C48H66N8O7. The lowest BCUT2D eigenvalue weighted by Crippen LogP contribution is -2.60. The summed E-state index contributed by atoms with van der Waals surface area (Å²) in [5.41, 5.74) is 2.51. The van der Waals surface area contributed by atoms with Crippen LogP contribution in [0.15, 0.2) is 60.8 Å². The number of para-hydroxylation sites is 1. The highest BCUT2D eigenvalue weighted by molar-refractivity contribution is 5.98. The van der Waals surface area contributed by atoms with Crippen molar-refractivity contribution in [3.8, 4) is 0 Å².